The third kappa shape index (κ3) is 2.69. The van der Waals surface area contributed by atoms with Crippen molar-refractivity contribution >= 4 is 28.1 Å². The van der Waals surface area contributed by atoms with E-state index in [1.54, 1.807) is 29.1 Å². The zero-order valence-electron chi connectivity index (χ0n) is 11.9. The molecule has 0 fully saturated rings. The molecule has 3 rings (SSSR count). The van der Waals surface area contributed by atoms with Crippen LogP contribution in [0.1, 0.15) is 0 Å². The predicted molar refractivity (Wildman–Crippen MR) is 85.3 cm³/mol. The number of benzene rings is 2. The Morgan fingerprint density at radius 2 is 1.86 bits per heavy atom. The third-order valence-corrected chi connectivity index (χ3v) is 3.43. The highest BCUT2D eigenvalue weighted by atomic mass is 16.3. The standard InChI is InChI=1S/C17H15N3O2/c18-13-6-4-5-12-7-8-14(17(22)16(12)13)19-15(21)11-20-9-2-1-3-10-20/h1-10H,11,18H2,(H-,19,21,22)/p+1. The fourth-order valence-electron chi connectivity index (χ4n) is 2.38. The highest BCUT2D eigenvalue weighted by Crippen LogP contribution is 2.36. The second-order valence-corrected chi connectivity index (χ2v) is 5.00. The van der Waals surface area contributed by atoms with Gasteiger partial charge < -0.3 is 16.2 Å². The van der Waals surface area contributed by atoms with E-state index >= 15 is 0 Å². The third-order valence-electron chi connectivity index (χ3n) is 3.43. The van der Waals surface area contributed by atoms with E-state index in [9.17, 15) is 9.90 Å². The fraction of sp³-hybridized carbons (Fsp3) is 0.0588. The zero-order valence-corrected chi connectivity index (χ0v) is 11.9. The molecule has 2 aromatic carbocycles. The summed E-state index contributed by atoms with van der Waals surface area (Å²) in [5, 5.41) is 14.4. The number of nitrogens with one attached hydrogen (secondary N) is 1. The highest BCUT2D eigenvalue weighted by Gasteiger charge is 2.14. The van der Waals surface area contributed by atoms with E-state index in [0.717, 1.165) is 5.39 Å². The molecule has 1 aromatic heterocycles. The number of fused-ring (bicyclic) bond motifs is 1. The second-order valence-electron chi connectivity index (χ2n) is 5.00. The van der Waals surface area contributed by atoms with Crippen LogP contribution in [0.25, 0.3) is 10.8 Å². The lowest BCUT2D eigenvalue weighted by molar-refractivity contribution is -0.684. The molecule has 4 N–H and O–H groups in total. The van der Waals surface area contributed by atoms with Crippen molar-refractivity contribution in [3.63, 3.8) is 0 Å². The van der Waals surface area contributed by atoms with Crippen molar-refractivity contribution < 1.29 is 14.5 Å². The van der Waals surface area contributed by atoms with Crippen LogP contribution in [0.3, 0.4) is 0 Å². The Morgan fingerprint density at radius 1 is 1.09 bits per heavy atom. The summed E-state index contributed by atoms with van der Waals surface area (Å²) in [6.45, 7) is 0.169. The van der Waals surface area contributed by atoms with Gasteiger partial charge in [-0.15, -0.1) is 0 Å². The number of hydrogen-bond donors (Lipinski definition) is 3. The van der Waals surface area contributed by atoms with E-state index in [4.69, 9.17) is 5.73 Å². The number of aromatic hydroxyl groups is 1. The Labute approximate surface area is 127 Å². The minimum Gasteiger partial charge on any atom is -0.505 e. The van der Waals surface area contributed by atoms with Crippen LogP contribution in [-0.4, -0.2) is 11.0 Å². The summed E-state index contributed by atoms with van der Waals surface area (Å²) in [6, 6.07) is 14.5. The summed E-state index contributed by atoms with van der Waals surface area (Å²) in [5.41, 5.74) is 6.73. The molecule has 5 heteroatoms. The molecule has 0 saturated carbocycles. The zero-order chi connectivity index (χ0) is 15.5. The second kappa shape index (κ2) is 5.73. The maximum atomic E-state index is 12.1. The fourth-order valence-corrected chi connectivity index (χ4v) is 2.38. The number of nitrogens with two attached hydrogens (primary N) is 1. The Balaban J connectivity index is 1.86. The van der Waals surface area contributed by atoms with Crippen LogP contribution in [0.15, 0.2) is 60.9 Å². The van der Waals surface area contributed by atoms with Gasteiger partial charge >= 0.3 is 0 Å². The lowest BCUT2D eigenvalue weighted by Crippen LogP contribution is -2.39. The van der Waals surface area contributed by atoms with Crippen LogP contribution in [-0.2, 0) is 11.3 Å². The average molecular weight is 294 g/mol. The molecule has 0 aliphatic rings. The molecule has 1 heterocycles. The van der Waals surface area contributed by atoms with E-state index in [2.05, 4.69) is 5.32 Å². The number of pyridine rings is 1. The van der Waals surface area contributed by atoms with Gasteiger partial charge in [-0.3, -0.25) is 4.79 Å². The summed E-state index contributed by atoms with van der Waals surface area (Å²) in [4.78, 5) is 12.1. The summed E-state index contributed by atoms with van der Waals surface area (Å²) in [5.74, 6) is -0.234. The summed E-state index contributed by atoms with van der Waals surface area (Å²) < 4.78 is 1.75. The molecule has 0 bridgehead atoms. The van der Waals surface area contributed by atoms with Crippen molar-refractivity contribution in [3.8, 4) is 5.75 Å². The lowest BCUT2D eigenvalue weighted by Gasteiger charge is -2.10. The topological polar surface area (TPSA) is 79.2 Å². The number of nitrogens with zero attached hydrogens (tertiary/aromatic N) is 1. The predicted octanol–water partition coefficient (Wildman–Crippen LogP) is 2.05. The number of amides is 1. The maximum absolute atomic E-state index is 12.1. The number of nitrogen functional groups attached to an aromatic ring is 1. The first-order valence-corrected chi connectivity index (χ1v) is 6.89. The van der Waals surface area contributed by atoms with Gasteiger partial charge in [-0.25, -0.2) is 0 Å². The quantitative estimate of drug-likeness (QED) is 0.393. The molecular weight excluding hydrogens is 278 g/mol. The monoisotopic (exact) mass is 294 g/mol. The van der Waals surface area contributed by atoms with Gasteiger partial charge in [0.1, 0.15) is 5.75 Å². The molecule has 0 aliphatic heterocycles. The molecule has 0 saturated heterocycles. The number of rotatable bonds is 3. The summed E-state index contributed by atoms with van der Waals surface area (Å²) in [7, 11) is 0. The molecule has 0 aliphatic carbocycles. The number of carbonyl (C=O) groups excluding carboxylic acids is 1. The number of anilines is 2. The van der Waals surface area contributed by atoms with Gasteiger partial charge in [0.2, 0.25) is 6.54 Å². The van der Waals surface area contributed by atoms with Crippen molar-refractivity contribution in [2.45, 2.75) is 6.54 Å². The van der Waals surface area contributed by atoms with Crippen molar-refractivity contribution in [2.24, 2.45) is 0 Å². The van der Waals surface area contributed by atoms with Crippen molar-refractivity contribution in [1.82, 2.24) is 0 Å². The molecule has 0 unspecified atom stereocenters. The first-order valence-electron chi connectivity index (χ1n) is 6.89. The van der Waals surface area contributed by atoms with Gasteiger partial charge in [0.15, 0.2) is 12.4 Å². The molecule has 0 spiro atoms. The number of carbonyl (C=O) groups is 1. The van der Waals surface area contributed by atoms with Crippen LogP contribution in [0, 0.1) is 0 Å². The Hall–Kier alpha value is -3.08. The Bertz CT molecular complexity index is 832. The minimum absolute atomic E-state index is 0.0120. The molecule has 110 valence electrons. The van der Waals surface area contributed by atoms with Crippen molar-refractivity contribution in [1.29, 1.82) is 0 Å². The molecule has 0 atom stereocenters. The number of phenols is 1. The van der Waals surface area contributed by atoms with Gasteiger partial charge in [-0.2, -0.15) is 4.57 Å². The molecular formula is C17H16N3O2+. The van der Waals surface area contributed by atoms with Gasteiger partial charge in [-0.1, -0.05) is 24.3 Å². The van der Waals surface area contributed by atoms with Crippen LogP contribution in [0.2, 0.25) is 0 Å². The van der Waals surface area contributed by atoms with Crippen LogP contribution in [0.5, 0.6) is 5.75 Å². The molecule has 0 radical (unpaired) electrons. The average Bonchev–Trinajstić information content (AvgIpc) is 2.51. The van der Waals surface area contributed by atoms with Crippen molar-refractivity contribution in [3.05, 3.63) is 60.9 Å². The lowest BCUT2D eigenvalue weighted by atomic mass is 10.1. The van der Waals surface area contributed by atoms with E-state index < -0.39 is 0 Å². The first-order chi connectivity index (χ1) is 10.6. The number of aromatic nitrogens is 1. The van der Waals surface area contributed by atoms with Crippen molar-refractivity contribution in [2.75, 3.05) is 11.1 Å². The maximum Gasteiger partial charge on any atom is 0.290 e. The molecule has 5 nitrogen and oxygen atoms in total. The summed E-state index contributed by atoms with van der Waals surface area (Å²) >= 11 is 0. The molecule has 3 aromatic rings. The summed E-state index contributed by atoms with van der Waals surface area (Å²) in [6.07, 6.45) is 3.61. The van der Waals surface area contributed by atoms with E-state index in [0.29, 0.717) is 16.8 Å². The Morgan fingerprint density at radius 3 is 2.64 bits per heavy atom. The van der Waals surface area contributed by atoms with E-state index in [1.165, 1.54) is 0 Å². The normalized spacial score (nSPS) is 10.5. The van der Waals surface area contributed by atoms with Crippen LogP contribution >= 0.6 is 0 Å². The van der Waals surface area contributed by atoms with Gasteiger partial charge in [0.05, 0.1) is 5.69 Å². The Kier molecular flexibility index (Phi) is 3.62. The number of hydrogen-bond acceptors (Lipinski definition) is 3. The minimum atomic E-state index is -0.222. The van der Waals surface area contributed by atoms with Gasteiger partial charge in [0.25, 0.3) is 5.91 Å². The van der Waals surface area contributed by atoms with E-state index in [1.807, 2.05) is 36.4 Å². The van der Waals surface area contributed by atoms with Crippen LogP contribution < -0.4 is 15.6 Å². The van der Waals surface area contributed by atoms with Gasteiger partial charge in [-0.05, 0) is 17.5 Å². The SMILES string of the molecule is Nc1cccc2ccc(NC(=O)C[n+]3ccccc3)c(O)c12. The largest absolute Gasteiger partial charge is 0.505 e. The first kappa shape index (κ1) is 13.9. The number of phenolic OH excluding ortho intramolecular Hbond substituents is 1. The smallest absolute Gasteiger partial charge is 0.290 e. The molecule has 1 amide bonds. The van der Waals surface area contributed by atoms with Gasteiger partial charge in [0, 0.05) is 23.2 Å². The highest BCUT2D eigenvalue weighted by molar-refractivity contribution is 6.04. The van der Waals surface area contributed by atoms with E-state index in [-0.39, 0.29) is 18.2 Å². The van der Waals surface area contributed by atoms with Crippen LogP contribution in [0.4, 0.5) is 11.4 Å². The molecule has 22 heavy (non-hydrogen) atoms.